The Kier molecular flexibility index (Phi) is 3.06. The van der Waals surface area contributed by atoms with Crippen LogP contribution in [-0.4, -0.2) is 13.2 Å². The van der Waals surface area contributed by atoms with Crippen LogP contribution in [-0.2, 0) is 10.2 Å². The number of hydrogen-bond acceptors (Lipinski definition) is 2. The lowest BCUT2D eigenvalue weighted by Crippen LogP contribution is -2.48. The van der Waals surface area contributed by atoms with E-state index in [-0.39, 0.29) is 5.41 Å². The summed E-state index contributed by atoms with van der Waals surface area (Å²) < 4.78 is 5.59. The van der Waals surface area contributed by atoms with Crippen molar-refractivity contribution in [2.24, 2.45) is 0 Å². The zero-order valence-electron chi connectivity index (χ0n) is 12.4. The van der Waals surface area contributed by atoms with Gasteiger partial charge in [-0.05, 0) is 55.2 Å². The third-order valence-corrected chi connectivity index (χ3v) is 4.29. The molecule has 3 rings (SSSR count). The lowest BCUT2D eigenvalue weighted by Gasteiger charge is -2.44. The quantitative estimate of drug-likeness (QED) is 0.845. The summed E-state index contributed by atoms with van der Waals surface area (Å²) in [5, 5.41) is 0. The minimum absolute atomic E-state index is 0.0305. The van der Waals surface area contributed by atoms with Gasteiger partial charge in [-0.1, -0.05) is 29.8 Å². The molecule has 0 atom stereocenters. The number of benzene rings is 2. The van der Waals surface area contributed by atoms with Crippen LogP contribution in [0.2, 0.25) is 0 Å². The van der Waals surface area contributed by atoms with Crippen LogP contribution >= 0.6 is 0 Å². The van der Waals surface area contributed by atoms with Crippen LogP contribution in [0.3, 0.4) is 0 Å². The van der Waals surface area contributed by atoms with Gasteiger partial charge in [-0.2, -0.15) is 0 Å². The number of anilines is 1. The first-order valence-electron chi connectivity index (χ1n) is 7.05. The minimum atomic E-state index is -0.0305. The lowest BCUT2D eigenvalue weighted by atomic mass is 9.69. The molecule has 1 heterocycles. The maximum absolute atomic E-state index is 5.97. The van der Waals surface area contributed by atoms with Crippen molar-refractivity contribution >= 4 is 5.69 Å². The fourth-order valence-electron chi connectivity index (χ4n) is 3.53. The molecule has 0 saturated carbocycles. The van der Waals surface area contributed by atoms with E-state index in [0.29, 0.717) is 0 Å². The molecule has 2 aromatic carbocycles. The maximum atomic E-state index is 5.97. The molecule has 0 radical (unpaired) electrons. The zero-order valence-corrected chi connectivity index (χ0v) is 12.4. The van der Waals surface area contributed by atoms with Gasteiger partial charge in [0, 0.05) is 5.69 Å². The molecule has 2 heteroatoms. The van der Waals surface area contributed by atoms with Crippen molar-refractivity contribution in [3.05, 3.63) is 64.2 Å². The second-order valence-corrected chi connectivity index (χ2v) is 5.97. The Morgan fingerprint density at radius 3 is 2.15 bits per heavy atom. The normalized spacial score (nSPS) is 16.8. The summed E-state index contributed by atoms with van der Waals surface area (Å²) in [6.45, 7) is 8.01. The van der Waals surface area contributed by atoms with Crippen molar-refractivity contribution in [3.63, 3.8) is 0 Å². The lowest BCUT2D eigenvalue weighted by molar-refractivity contribution is -0.0385. The second-order valence-electron chi connectivity index (χ2n) is 5.97. The number of nitrogens with two attached hydrogens (primary N) is 1. The molecule has 1 aliphatic rings. The fraction of sp³-hybridized carbons (Fsp3) is 0.333. The third kappa shape index (κ3) is 1.92. The number of nitrogen functional groups attached to an aromatic ring is 1. The number of ether oxygens (including phenoxy) is 1. The third-order valence-electron chi connectivity index (χ3n) is 4.29. The molecule has 2 nitrogen and oxygen atoms in total. The molecular weight excluding hydrogens is 246 g/mol. The van der Waals surface area contributed by atoms with Gasteiger partial charge in [-0.25, -0.2) is 0 Å². The van der Waals surface area contributed by atoms with Crippen molar-refractivity contribution in [2.75, 3.05) is 18.9 Å². The molecule has 0 bridgehead atoms. The predicted molar refractivity (Wildman–Crippen MR) is 83.1 cm³/mol. The number of rotatable bonds is 2. The minimum Gasteiger partial charge on any atom is -0.399 e. The van der Waals surface area contributed by atoms with Crippen LogP contribution in [0.1, 0.15) is 27.8 Å². The SMILES string of the molecule is Cc1cc(C)c(C2(c3cccc(N)c3)COC2)c(C)c1. The van der Waals surface area contributed by atoms with E-state index in [0.717, 1.165) is 18.9 Å². The molecule has 0 aromatic heterocycles. The molecule has 1 saturated heterocycles. The zero-order chi connectivity index (χ0) is 14.3. The molecule has 1 aliphatic heterocycles. The van der Waals surface area contributed by atoms with Crippen LogP contribution in [0.4, 0.5) is 5.69 Å². The Morgan fingerprint density at radius 2 is 1.65 bits per heavy atom. The van der Waals surface area contributed by atoms with Crippen molar-refractivity contribution < 1.29 is 4.74 Å². The van der Waals surface area contributed by atoms with Crippen LogP contribution in [0.15, 0.2) is 36.4 Å². The highest BCUT2D eigenvalue weighted by Crippen LogP contribution is 2.42. The van der Waals surface area contributed by atoms with Gasteiger partial charge in [0.25, 0.3) is 0 Å². The van der Waals surface area contributed by atoms with Crippen molar-refractivity contribution in [1.82, 2.24) is 0 Å². The Balaban J connectivity index is 2.20. The molecule has 2 N–H and O–H groups in total. The highest BCUT2D eigenvalue weighted by molar-refractivity contribution is 5.54. The molecule has 0 unspecified atom stereocenters. The molecular formula is C18H21NO. The first kappa shape index (κ1) is 13.2. The highest BCUT2D eigenvalue weighted by Gasteiger charge is 2.43. The van der Waals surface area contributed by atoms with E-state index in [1.54, 1.807) is 0 Å². The summed E-state index contributed by atoms with van der Waals surface area (Å²) in [6, 6.07) is 12.7. The molecule has 104 valence electrons. The van der Waals surface area contributed by atoms with Gasteiger partial charge in [0.2, 0.25) is 0 Å². The van der Waals surface area contributed by atoms with Crippen LogP contribution < -0.4 is 5.73 Å². The number of aryl methyl sites for hydroxylation is 3. The highest BCUT2D eigenvalue weighted by atomic mass is 16.5. The van der Waals surface area contributed by atoms with Gasteiger partial charge in [-0.3, -0.25) is 0 Å². The maximum Gasteiger partial charge on any atom is 0.0675 e. The van der Waals surface area contributed by atoms with E-state index in [1.165, 1.54) is 27.8 Å². The number of hydrogen-bond donors (Lipinski definition) is 1. The predicted octanol–water partition coefficient (Wildman–Crippen LogP) is 3.51. The largest absolute Gasteiger partial charge is 0.399 e. The molecule has 0 aliphatic carbocycles. The standard InChI is InChI=1S/C18H21NO/c1-12-7-13(2)17(14(3)8-12)18(10-20-11-18)15-5-4-6-16(19)9-15/h4-9H,10-11,19H2,1-3H3. The first-order valence-corrected chi connectivity index (χ1v) is 7.05. The van der Waals surface area contributed by atoms with Crippen molar-refractivity contribution in [2.45, 2.75) is 26.2 Å². The molecule has 20 heavy (non-hydrogen) atoms. The van der Waals surface area contributed by atoms with Gasteiger partial charge < -0.3 is 10.5 Å². The monoisotopic (exact) mass is 267 g/mol. The molecule has 1 fully saturated rings. The summed E-state index contributed by atoms with van der Waals surface area (Å²) in [6.07, 6.45) is 0. The van der Waals surface area contributed by atoms with E-state index in [4.69, 9.17) is 10.5 Å². The topological polar surface area (TPSA) is 35.2 Å². The van der Waals surface area contributed by atoms with E-state index >= 15 is 0 Å². The van der Waals surface area contributed by atoms with Crippen LogP contribution in [0.25, 0.3) is 0 Å². The van der Waals surface area contributed by atoms with E-state index in [2.05, 4.69) is 45.0 Å². The summed E-state index contributed by atoms with van der Waals surface area (Å²) in [7, 11) is 0. The molecule has 2 aromatic rings. The van der Waals surface area contributed by atoms with Gasteiger partial charge in [0.05, 0.1) is 18.6 Å². The van der Waals surface area contributed by atoms with Gasteiger partial charge in [0.15, 0.2) is 0 Å². The molecule has 0 spiro atoms. The Bertz CT molecular complexity index is 633. The average molecular weight is 267 g/mol. The van der Waals surface area contributed by atoms with Crippen molar-refractivity contribution in [3.8, 4) is 0 Å². The van der Waals surface area contributed by atoms with Gasteiger partial charge >= 0.3 is 0 Å². The van der Waals surface area contributed by atoms with E-state index < -0.39 is 0 Å². The first-order chi connectivity index (χ1) is 9.53. The van der Waals surface area contributed by atoms with Crippen LogP contribution in [0.5, 0.6) is 0 Å². The van der Waals surface area contributed by atoms with E-state index in [9.17, 15) is 0 Å². The summed E-state index contributed by atoms with van der Waals surface area (Å²) in [5.41, 5.74) is 13.4. The second kappa shape index (κ2) is 4.64. The summed E-state index contributed by atoms with van der Waals surface area (Å²) >= 11 is 0. The Labute approximate surface area is 120 Å². The van der Waals surface area contributed by atoms with Gasteiger partial charge in [0.1, 0.15) is 0 Å². The van der Waals surface area contributed by atoms with Crippen LogP contribution in [0, 0.1) is 20.8 Å². The Morgan fingerprint density at radius 1 is 1.00 bits per heavy atom. The molecule has 0 amide bonds. The average Bonchev–Trinajstić information content (AvgIpc) is 2.31. The smallest absolute Gasteiger partial charge is 0.0675 e. The van der Waals surface area contributed by atoms with Crippen molar-refractivity contribution in [1.29, 1.82) is 0 Å². The fourth-order valence-corrected chi connectivity index (χ4v) is 3.53. The summed E-state index contributed by atoms with van der Waals surface area (Å²) in [4.78, 5) is 0. The van der Waals surface area contributed by atoms with E-state index in [1.807, 2.05) is 12.1 Å². The Hall–Kier alpha value is -1.80. The summed E-state index contributed by atoms with van der Waals surface area (Å²) in [5.74, 6) is 0. The van der Waals surface area contributed by atoms with Gasteiger partial charge in [-0.15, -0.1) is 0 Å².